The second-order valence-corrected chi connectivity index (χ2v) is 10.9. The highest BCUT2D eigenvalue weighted by molar-refractivity contribution is 7.89. The molecule has 2 aromatic rings. The van der Waals surface area contributed by atoms with Gasteiger partial charge in [0, 0.05) is 11.4 Å². The third-order valence-electron chi connectivity index (χ3n) is 6.17. The van der Waals surface area contributed by atoms with Gasteiger partial charge in [0.05, 0.1) is 29.4 Å². The molecule has 1 fully saturated rings. The van der Waals surface area contributed by atoms with E-state index in [1.165, 1.54) is 24.3 Å². The lowest BCUT2D eigenvalue weighted by molar-refractivity contribution is -0.143. The van der Waals surface area contributed by atoms with Crippen molar-refractivity contribution in [3.05, 3.63) is 65.7 Å². The van der Waals surface area contributed by atoms with Gasteiger partial charge in [-0.1, -0.05) is 48.0 Å². The highest BCUT2D eigenvalue weighted by atomic mass is 35.5. The number of carbonyl (C=O) groups excluding carboxylic acids is 4. The predicted octanol–water partition coefficient (Wildman–Crippen LogP) is 2.39. The van der Waals surface area contributed by atoms with Crippen LogP contribution in [0.4, 0.5) is 0 Å². The number of carbonyl (C=O) groups is 4. The summed E-state index contributed by atoms with van der Waals surface area (Å²) in [7, 11) is -4.32. The number of fused-ring (bicyclic) bond motifs is 2. The van der Waals surface area contributed by atoms with Gasteiger partial charge >= 0.3 is 5.97 Å². The topological polar surface area (TPSA) is 127 Å². The van der Waals surface area contributed by atoms with Crippen LogP contribution in [-0.4, -0.2) is 56.0 Å². The molecule has 2 unspecified atom stereocenters. The van der Waals surface area contributed by atoms with Gasteiger partial charge in [0.15, 0.2) is 0 Å². The lowest BCUT2D eigenvalue weighted by Crippen LogP contribution is -2.43. The molecule has 2 aromatic carbocycles. The molecule has 188 valence electrons. The summed E-state index contributed by atoms with van der Waals surface area (Å²) in [5, 5.41) is 4.05. The quantitative estimate of drug-likeness (QED) is 0.389. The van der Waals surface area contributed by atoms with Crippen LogP contribution in [0.2, 0.25) is 5.02 Å². The predicted molar refractivity (Wildman–Crippen MR) is 131 cm³/mol. The van der Waals surface area contributed by atoms with Gasteiger partial charge in [-0.2, -0.15) is 4.31 Å². The Labute approximate surface area is 212 Å². The molecule has 2 amide bonds. The number of nitrogens with zero attached hydrogens (tertiary/aromatic N) is 1. The van der Waals surface area contributed by atoms with E-state index in [0.29, 0.717) is 15.8 Å². The van der Waals surface area contributed by atoms with E-state index in [1.807, 2.05) is 0 Å². The van der Waals surface area contributed by atoms with E-state index in [1.54, 1.807) is 43.3 Å². The molecule has 0 saturated carbocycles. The number of Topliss-reactive ketones (excluding diaryl/α,β-unsaturated/α-hetero) is 1. The van der Waals surface area contributed by atoms with Crippen molar-refractivity contribution in [1.82, 2.24) is 9.62 Å². The fraction of sp³-hybridized carbons (Fsp3) is 0.280. The Morgan fingerprint density at radius 3 is 2.56 bits per heavy atom. The van der Waals surface area contributed by atoms with Crippen molar-refractivity contribution in [3.8, 4) is 0 Å². The summed E-state index contributed by atoms with van der Waals surface area (Å²) < 4.78 is 32.7. The molecule has 4 rings (SSSR count). The number of hydrogen-bond donors (Lipinski definition) is 1. The van der Waals surface area contributed by atoms with Gasteiger partial charge in [-0.3, -0.25) is 24.5 Å². The molecule has 2 atom stereocenters. The van der Waals surface area contributed by atoms with Crippen LogP contribution in [0.3, 0.4) is 0 Å². The third-order valence-corrected chi connectivity index (χ3v) is 8.19. The van der Waals surface area contributed by atoms with Crippen molar-refractivity contribution in [2.45, 2.75) is 18.2 Å². The van der Waals surface area contributed by atoms with E-state index >= 15 is 0 Å². The SMILES string of the molecule is CCOC(=O)CN(CC(=O)CC12C=CC=CC1C(=O)NC2=O)S(=O)(=O)c1ccc2cc(Cl)ccc2c1. The standard InChI is InChI=1S/C25H23ClN2O7S/c1-2-35-22(30)15-28(36(33,34)20-9-7-16-11-18(26)8-6-17(16)12-20)14-19(29)13-25-10-4-3-5-21(25)23(31)27-24(25)32/h3-12,21H,2,13-15H2,1H3,(H,27,31,32). The molecule has 2 aliphatic rings. The minimum Gasteiger partial charge on any atom is -0.465 e. The average molecular weight is 531 g/mol. The van der Waals surface area contributed by atoms with Crippen LogP contribution in [0.25, 0.3) is 10.8 Å². The molecule has 0 aromatic heterocycles. The first-order chi connectivity index (χ1) is 17.1. The fourth-order valence-electron chi connectivity index (χ4n) is 4.43. The van der Waals surface area contributed by atoms with Crippen LogP contribution in [0.5, 0.6) is 0 Å². The summed E-state index contributed by atoms with van der Waals surface area (Å²) in [4.78, 5) is 50.1. The summed E-state index contributed by atoms with van der Waals surface area (Å²) in [5.74, 6) is -3.49. The molecule has 0 spiro atoms. The van der Waals surface area contributed by atoms with Gasteiger partial charge in [0.2, 0.25) is 21.8 Å². The number of ketones is 1. The number of halogens is 1. The van der Waals surface area contributed by atoms with Gasteiger partial charge in [-0.25, -0.2) is 8.42 Å². The molecule has 9 nitrogen and oxygen atoms in total. The van der Waals surface area contributed by atoms with Crippen LogP contribution in [0.1, 0.15) is 13.3 Å². The van der Waals surface area contributed by atoms with Crippen molar-refractivity contribution < 1.29 is 32.3 Å². The molecule has 1 aliphatic carbocycles. The molecular formula is C25H23ClN2O7S. The van der Waals surface area contributed by atoms with E-state index in [2.05, 4.69) is 5.32 Å². The number of imide groups is 1. The molecular weight excluding hydrogens is 508 g/mol. The molecule has 36 heavy (non-hydrogen) atoms. The van der Waals surface area contributed by atoms with Crippen molar-refractivity contribution >= 4 is 56.0 Å². The Morgan fingerprint density at radius 2 is 1.81 bits per heavy atom. The van der Waals surface area contributed by atoms with Gasteiger partial charge in [-0.05, 0) is 42.0 Å². The van der Waals surface area contributed by atoms with Crippen LogP contribution >= 0.6 is 11.6 Å². The Morgan fingerprint density at radius 1 is 1.08 bits per heavy atom. The number of sulfonamides is 1. The number of ether oxygens (including phenoxy) is 1. The van der Waals surface area contributed by atoms with Gasteiger partial charge in [0.1, 0.15) is 12.3 Å². The number of allylic oxidation sites excluding steroid dienone is 2. The van der Waals surface area contributed by atoms with Gasteiger partial charge < -0.3 is 4.74 Å². The van der Waals surface area contributed by atoms with Crippen molar-refractivity contribution in [1.29, 1.82) is 0 Å². The Hall–Kier alpha value is -3.34. The van der Waals surface area contributed by atoms with Crippen LogP contribution < -0.4 is 5.32 Å². The maximum absolute atomic E-state index is 13.5. The van der Waals surface area contributed by atoms with E-state index < -0.39 is 64.4 Å². The van der Waals surface area contributed by atoms with Gasteiger partial charge in [0.25, 0.3) is 0 Å². The normalized spacial score (nSPS) is 21.0. The minimum absolute atomic E-state index is 0.0294. The number of amides is 2. The third kappa shape index (κ3) is 4.84. The summed E-state index contributed by atoms with van der Waals surface area (Å²) in [6.07, 6.45) is 5.77. The van der Waals surface area contributed by atoms with Crippen LogP contribution in [0, 0.1) is 11.3 Å². The largest absolute Gasteiger partial charge is 0.465 e. The average Bonchev–Trinajstić information content (AvgIpc) is 3.07. The number of hydrogen-bond acceptors (Lipinski definition) is 7. The zero-order chi connectivity index (χ0) is 26.1. The van der Waals surface area contributed by atoms with Crippen molar-refractivity contribution in [2.24, 2.45) is 11.3 Å². The first-order valence-electron chi connectivity index (χ1n) is 11.1. The van der Waals surface area contributed by atoms with Crippen molar-refractivity contribution in [3.63, 3.8) is 0 Å². The zero-order valence-corrected chi connectivity index (χ0v) is 20.8. The molecule has 1 N–H and O–H groups in total. The lowest BCUT2D eigenvalue weighted by atomic mass is 9.71. The highest BCUT2D eigenvalue weighted by Gasteiger charge is 2.54. The smallest absolute Gasteiger partial charge is 0.321 e. The molecule has 11 heteroatoms. The Balaban J connectivity index is 1.64. The number of benzene rings is 2. The minimum atomic E-state index is -4.32. The maximum atomic E-state index is 13.5. The summed E-state index contributed by atoms with van der Waals surface area (Å²) >= 11 is 6.01. The monoisotopic (exact) mass is 530 g/mol. The van der Waals surface area contributed by atoms with E-state index in [-0.39, 0.29) is 11.5 Å². The number of rotatable bonds is 9. The van der Waals surface area contributed by atoms with E-state index in [4.69, 9.17) is 16.3 Å². The highest BCUT2D eigenvalue weighted by Crippen LogP contribution is 2.41. The van der Waals surface area contributed by atoms with E-state index in [9.17, 15) is 27.6 Å². The number of nitrogens with one attached hydrogen (secondary N) is 1. The Bertz CT molecular complexity index is 1430. The summed E-state index contributed by atoms with van der Waals surface area (Å²) in [6.45, 7) is 0.223. The first kappa shape index (κ1) is 25.7. The first-order valence-corrected chi connectivity index (χ1v) is 13.0. The van der Waals surface area contributed by atoms with Crippen molar-refractivity contribution in [2.75, 3.05) is 19.7 Å². The summed E-state index contributed by atoms with van der Waals surface area (Å²) in [5.41, 5.74) is -1.44. The van der Waals surface area contributed by atoms with E-state index in [0.717, 1.165) is 4.31 Å². The molecule has 0 radical (unpaired) electrons. The lowest BCUT2D eigenvalue weighted by Gasteiger charge is -2.28. The molecule has 1 saturated heterocycles. The second-order valence-electron chi connectivity index (χ2n) is 8.53. The second kappa shape index (κ2) is 9.96. The maximum Gasteiger partial charge on any atom is 0.321 e. The van der Waals surface area contributed by atoms with Crippen LogP contribution in [-0.2, 0) is 33.9 Å². The molecule has 1 heterocycles. The summed E-state index contributed by atoms with van der Waals surface area (Å²) in [6, 6.07) is 9.34. The number of esters is 1. The molecule has 0 bridgehead atoms. The Kier molecular flexibility index (Phi) is 7.12. The fourth-order valence-corrected chi connectivity index (χ4v) is 6.01. The van der Waals surface area contributed by atoms with Crippen LogP contribution in [0.15, 0.2) is 65.6 Å². The molecule has 1 aliphatic heterocycles. The van der Waals surface area contributed by atoms with Gasteiger partial charge in [-0.15, -0.1) is 0 Å². The zero-order valence-electron chi connectivity index (χ0n) is 19.3.